The van der Waals surface area contributed by atoms with Crippen LogP contribution >= 0.6 is 0 Å². The summed E-state index contributed by atoms with van der Waals surface area (Å²) in [4.78, 5) is 11.0. The van der Waals surface area contributed by atoms with E-state index in [1.807, 2.05) is 6.07 Å². The highest BCUT2D eigenvalue weighted by Crippen LogP contribution is 2.32. The molecule has 0 aromatic heterocycles. The number of phenols is 1. The first kappa shape index (κ1) is 9.98. The van der Waals surface area contributed by atoms with Gasteiger partial charge in [-0.2, -0.15) is 0 Å². The predicted molar refractivity (Wildman–Crippen MR) is 54.7 cm³/mol. The van der Waals surface area contributed by atoms with Crippen LogP contribution in [0.2, 0.25) is 0 Å². The van der Waals surface area contributed by atoms with E-state index in [1.165, 1.54) is 0 Å². The van der Waals surface area contributed by atoms with Crippen LogP contribution in [0.15, 0.2) is 18.2 Å². The monoisotopic (exact) mass is 207 g/mol. The van der Waals surface area contributed by atoms with Crippen molar-refractivity contribution in [3.05, 3.63) is 29.3 Å². The zero-order chi connectivity index (χ0) is 11.1. The molecule has 4 N–H and O–H groups in total. The molecule has 4 nitrogen and oxygen atoms in total. The van der Waals surface area contributed by atoms with E-state index in [4.69, 9.17) is 10.8 Å². The fourth-order valence-electron chi connectivity index (χ4n) is 2.00. The molecule has 0 saturated heterocycles. The Kier molecular flexibility index (Phi) is 2.16. The van der Waals surface area contributed by atoms with E-state index in [0.29, 0.717) is 18.4 Å². The third kappa shape index (κ3) is 1.57. The number of rotatable bonds is 1. The lowest BCUT2D eigenvalue weighted by Gasteiger charge is -2.31. The Hall–Kier alpha value is -1.55. The number of phenolic OH excluding ortho intramolecular Hbond substituents is 1. The van der Waals surface area contributed by atoms with E-state index in [2.05, 4.69) is 0 Å². The van der Waals surface area contributed by atoms with Crippen molar-refractivity contribution in [2.45, 2.75) is 24.8 Å². The van der Waals surface area contributed by atoms with Crippen molar-refractivity contribution in [2.75, 3.05) is 0 Å². The molecule has 1 aliphatic rings. The average Bonchev–Trinajstić information content (AvgIpc) is 2.19. The van der Waals surface area contributed by atoms with Gasteiger partial charge in [0.1, 0.15) is 11.3 Å². The summed E-state index contributed by atoms with van der Waals surface area (Å²) in [6.07, 6.45) is 1.22. The molecule has 0 amide bonds. The van der Waals surface area contributed by atoms with Gasteiger partial charge in [-0.1, -0.05) is 12.1 Å². The van der Waals surface area contributed by atoms with Gasteiger partial charge in [-0.3, -0.25) is 4.79 Å². The van der Waals surface area contributed by atoms with Crippen molar-refractivity contribution >= 4 is 5.97 Å². The van der Waals surface area contributed by atoms with E-state index in [0.717, 1.165) is 5.56 Å². The molecular formula is C11H13NO3. The minimum Gasteiger partial charge on any atom is -0.508 e. The largest absolute Gasteiger partial charge is 0.508 e. The summed E-state index contributed by atoms with van der Waals surface area (Å²) in [6, 6.07) is 5.22. The summed E-state index contributed by atoms with van der Waals surface area (Å²) < 4.78 is 0. The van der Waals surface area contributed by atoms with Crippen molar-refractivity contribution in [1.82, 2.24) is 0 Å². The normalized spacial score (nSPS) is 24.6. The van der Waals surface area contributed by atoms with Crippen LogP contribution in [0.4, 0.5) is 0 Å². The number of aromatic hydroxyl groups is 1. The van der Waals surface area contributed by atoms with Crippen LogP contribution in [0.25, 0.3) is 0 Å². The lowest BCUT2D eigenvalue weighted by Crippen LogP contribution is -2.52. The van der Waals surface area contributed by atoms with Crippen LogP contribution in [0.5, 0.6) is 5.75 Å². The van der Waals surface area contributed by atoms with Crippen LogP contribution in [0, 0.1) is 0 Å². The van der Waals surface area contributed by atoms with Gasteiger partial charge in [-0.25, -0.2) is 0 Å². The summed E-state index contributed by atoms with van der Waals surface area (Å²) in [7, 11) is 0. The molecule has 2 rings (SSSR count). The minimum absolute atomic E-state index is 0.142. The first-order chi connectivity index (χ1) is 7.03. The molecule has 1 aliphatic carbocycles. The Morgan fingerprint density at radius 1 is 1.47 bits per heavy atom. The average molecular weight is 207 g/mol. The molecule has 4 heteroatoms. The van der Waals surface area contributed by atoms with Crippen LogP contribution in [0.3, 0.4) is 0 Å². The first-order valence-corrected chi connectivity index (χ1v) is 4.85. The van der Waals surface area contributed by atoms with Crippen LogP contribution in [-0.4, -0.2) is 21.7 Å². The number of hydrogen-bond acceptors (Lipinski definition) is 3. The van der Waals surface area contributed by atoms with E-state index in [1.54, 1.807) is 12.1 Å². The Balaban J connectivity index is 2.42. The van der Waals surface area contributed by atoms with Crippen molar-refractivity contribution in [3.8, 4) is 5.75 Å². The lowest BCUT2D eigenvalue weighted by molar-refractivity contribution is -0.143. The van der Waals surface area contributed by atoms with E-state index in [9.17, 15) is 9.90 Å². The van der Waals surface area contributed by atoms with Gasteiger partial charge in [-0.15, -0.1) is 0 Å². The van der Waals surface area contributed by atoms with E-state index >= 15 is 0 Å². The molecule has 0 heterocycles. The quantitative estimate of drug-likeness (QED) is 0.631. The molecule has 0 spiro atoms. The number of nitrogens with two attached hydrogens (primary N) is 1. The highest BCUT2D eigenvalue weighted by Gasteiger charge is 2.38. The van der Waals surface area contributed by atoms with Gasteiger partial charge in [0.15, 0.2) is 0 Å². The highest BCUT2D eigenvalue weighted by atomic mass is 16.4. The Labute approximate surface area is 87.3 Å². The number of fused-ring (bicyclic) bond motifs is 1. The van der Waals surface area contributed by atoms with Gasteiger partial charge < -0.3 is 15.9 Å². The smallest absolute Gasteiger partial charge is 0.324 e. The second kappa shape index (κ2) is 3.24. The van der Waals surface area contributed by atoms with E-state index in [-0.39, 0.29) is 12.2 Å². The van der Waals surface area contributed by atoms with Crippen molar-refractivity contribution < 1.29 is 15.0 Å². The summed E-state index contributed by atoms with van der Waals surface area (Å²) >= 11 is 0. The molecule has 1 atom stereocenters. The molecule has 0 saturated carbocycles. The Morgan fingerprint density at radius 3 is 2.87 bits per heavy atom. The molecule has 1 unspecified atom stereocenters. The summed E-state index contributed by atoms with van der Waals surface area (Å²) in [6.45, 7) is 0. The zero-order valence-electron chi connectivity index (χ0n) is 8.23. The zero-order valence-corrected chi connectivity index (χ0v) is 8.23. The van der Waals surface area contributed by atoms with Crippen molar-refractivity contribution in [3.63, 3.8) is 0 Å². The Morgan fingerprint density at radius 2 is 2.20 bits per heavy atom. The maximum Gasteiger partial charge on any atom is 0.324 e. The number of aliphatic carboxylic acids is 1. The molecule has 15 heavy (non-hydrogen) atoms. The second-order valence-corrected chi connectivity index (χ2v) is 4.05. The first-order valence-electron chi connectivity index (χ1n) is 4.85. The fourth-order valence-corrected chi connectivity index (χ4v) is 2.00. The number of carboxylic acids is 1. The number of aryl methyl sites for hydroxylation is 1. The van der Waals surface area contributed by atoms with Crippen LogP contribution in [0.1, 0.15) is 17.5 Å². The maximum absolute atomic E-state index is 11.0. The summed E-state index contributed by atoms with van der Waals surface area (Å²) in [5.74, 6) is -0.861. The predicted octanol–water partition coefficient (Wildman–Crippen LogP) is 0.663. The third-order valence-electron chi connectivity index (χ3n) is 3.01. The molecule has 0 bridgehead atoms. The van der Waals surface area contributed by atoms with Gasteiger partial charge in [-0.05, 0) is 30.0 Å². The molecular weight excluding hydrogens is 194 g/mol. The number of carboxylic acid groups (broad SMARTS) is 1. The molecule has 0 fully saturated rings. The minimum atomic E-state index is -1.23. The highest BCUT2D eigenvalue weighted by molar-refractivity contribution is 5.79. The van der Waals surface area contributed by atoms with Crippen LogP contribution < -0.4 is 5.73 Å². The SMILES string of the molecule is NC1(C(=O)O)CCc2cccc(O)c2C1. The molecule has 0 radical (unpaired) electrons. The molecule has 0 aliphatic heterocycles. The van der Waals surface area contributed by atoms with Gasteiger partial charge >= 0.3 is 5.97 Å². The molecule has 1 aromatic rings. The molecule has 1 aromatic carbocycles. The maximum atomic E-state index is 11.0. The van der Waals surface area contributed by atoms with Gasteiger partial charge in [0.05, 0.1) is 0 Å². The third-order valence-corrected chi connectivity index (χ3v) is 3.01. The number of benzene rings is 1. The van der Waals surface area contributed by atoms with Crippen LogP contribution in [-0.2, 0) is 17.6 Å². The van der Waals surface area contributed by atoms with Crippen molar-refractivity contribution in [1.29, 1.82) is 0 Å². The Bertz CT molecular complexity index is 416. The standard InChI is InChI=1S/C11H13NO3/c12-11(10(14)15)5-4-7-2-1-3-9(13)8(7)6-11/h1-3,13H,4-6,12H2,(H,14,15). The summed E-state index contributed by atoms with van der Waals surface area (Å²) in [5.41, 5.74) is 6.22. The van der Waals surface area contributed by atoms with Gasteiger partial charge in [0, 0.05) is 6.42 Å². The lowest BCUT2D eigenvalue weighted by atomic mass is 9.78. The fraction of sp³-hybridized carbons (Fsp3) is 0.364. The van der Waals surface area contributed by atoms with E-state index < -0.39 is 11.5 Å². The topological polar surface area (TPSA) is 83.6 Å². The van der Waals surface area contributed by atoms with Crippen molar-refractivity contribution in [2.24, 2.45) is 5.73 Å². The number of carbonyl (C=O) groups is 1. The number of hydrogen-bond donors (Lipinski definition) is 3. The van der Waals surface area contributed by atoms with Gasteiger partial charge in [0.25, 0.3) is 0 Å². The second-order valence-electron chi connectivity index (χ2n) is 4.05. The molecule has 80 valence electrons. The van der Waals surface area contributed by atoms with Gasteiger partial charge in [0.2, 0.25) is 0 Å². The summed E-state index contributed by atoms with van der Waals surface area (Å²) in [5, 5.41) is 18.6.